The zero-order valence-electron chi connectivity index (χ0n) is 49.1. The molecule has 0 saturated heterocycles. The molecule has 0 unspecified atom stereocenters. The quantitative estimate of drug-likeness (QED) is 0.0735. The van der Waals surface area contributed by atoms with Gasteiger partial charge in [0.25, 0.3) is 0 Å². The molecule has 11 aromatic carbocycles. The van der Waals surface area contributed by atoms with E-state index in [1.54, 1.807) is 0 Å². The van der Waals surface area contributed by atoms with Gasteiger partial charge in [0.2, 0.25) is 0 Å². The van der Waals surface area contributed by atoms with E-state index in [9.17, 15) is 17.6 Å². The lowest BCUT2D eigenvalue weighted by atomic mass is 9.96. The van der Waals surface area contributed by atoms with Crippen molar-refractivity contribution in [2.24, 2.45) is 0 Å². The van der Waals surface area contributed by atoms with Gasteiger partial charge in [0.1, 0.15) is 36.1 Å². The normalized spacial score (nSPS) is 10.6. The first kappa shape index (κ1) is 59.6. The van der Waals surface area contributed by atoms with Crippen LogP contribution in [0.4, 0.5) is 51.7 Å². The average Bonchev–Trinajstić information content (AvgIpc) is 2.26. The number of anilines is 6. The molecule has 426 valence electrons. The number of hydrogen-bond acceptors (Lipinski definition) is 4. The van der Waals surface area contributed by atoms with Gasteiger partial charge >= 0.3 is 5.82 Å². The minimum atomic E-state index is -2.01. The van der Waals surface area contributed by atoms with Gasteiger partial charge in [-0.3, -0.25) is 0 Å². The first-order valence-corrected chi connectivity index (χ1v) is 28.2. The van der Waals surface area contributed by atoms with Crippen molar-refractivity contribution in [2.75, 3.05) is 9.80 Å². The van der Waals surface area contributed by atoms with Gasteiger partial charge in [-0.05, 0) is 181 Å². The number of nitrogens with zero attached hydrogens (tertiary/aromatic N) is 6. The molecule has 0 aromatic heterocycles. The van der Waals surface area contributed by atoms with Crippen molar-refractivity contribution in [1.82, 2.24) is 0 Å². The molecule has 0 aliphatic heterocycles. The maximum Gasteiger partial charge on any atom is 0.532 e. The topological polar surface area (TPSA) is 62.8 Å². The molecule has 0 aliphatic rings. The molecule has 0 saturated carbocycles. The molecule has 11 aromatic rings. The van der Waals surface area contributed by atoms with E-state index in [4.69, 9.17) is 23.7 Å². The van der Waals surface area contributed by atoms with Crippen molar-refractivity contribution in [3.8, 4) is 67.8 Å². The van der Waals surface area contributed by atoms with Gasteiger partial charge in [-0.25, -0.2) is 17.6 Å². The summed E-state index contributed by atoms with van der Waals surface area (Å²) in [7, 11) is 0. The predicted molar refractivity (Wildman–Crippen MR) is 348 cm³/mol. The molecule has 0 radical (unpaired) electrons. The Bertz CT molecular complexity index is 4410. The molecule has 0 heterocycles. The van der Waals surface area contributed by atoms with Crippen molar-refractivity contribution in [2.45, 2.75) is 41.5 Å². The Hall–Kier alpha value is -11.6. The molecule has 0 aliphatic carbocycles. The summed E-state index contributed by atoms with van der Waals surface area (Å²) in [5.41, 5.74) is 25.1. The fourth-order valence-corrected chi connectivity index (χ4v) is 11.0. The second kappa shape index (κ2) is 26.1. The van der Waals surface area contributed by atoms with Gasteiger partial charge in [-0.1, -0.05) is 180 Å². The van der Waals surface area contributed by atoms with Crippen LogP contribution in [0.5, 0.6) is 0 Å². The van der Waals surface area contributed by atoms with Crippen LogP contribution < -0.4 is 20.2 Å². The number of aryl methyl sites for hydroxylation is 6. The highest BCUT2D eigenvalue weighted by Gasteiger charge is 2.26. The van der Waals surface area contributed by atoms with Crippen LogP contribution in [0.2, 0.25) is 0 Å². The van der Waals surface area contributed by atoms with Crippen molar-refractivity contribution >= 4 is 45.5 Å². The Morgan fingerprint density at radius 2 is 0.591 bits per heavy atom. The molecule has 6 nitrogen and oxygen atoms in total. The number of rotatable bonds is 11. The molecular weight excluding hydrogens is 1100 g/mol. The second-order valence-corrected chi connectivity index (χ2v) is 21.5. The Labute approximate surface area is 510 Å². The molecule has 0 spiro atoms. The van der Waals surface area contributed by atoms with Crippen LogP contribution in [0.3, 0.4) is 0 Å². The van der Waals surface area contributed by atoms with E-state index < -0.39 is 45.1 Å². The Kier molecular flexibility index (Phi) is 17.7. The lowest BCUT2D eigenvalue weighted by Crippen LogP contribution is -2.30. The third kappa shape index (κ3) is 12.6. The van der Waals surface area contributed by atoms with Gasteiger partial charge in [-0.2, -0.15) is 20.2 Å². The summed E-state index contributed by atoms with van der Waals surface area (Å²) in [4.78, 5) is 9.69. The van der Waals surface area contributed by atoms with Crippen LogP contribution in [0.25, 0.3) is 76.7 Å². The van der Waals surface area contributed by atoms with Crippen LogP contribution in [-0.4, -0.2) is 0 Å². The smallest absolute Gasteiger partial charge is 0.311 e. The monoisotopic (exact) mass is 1150 g/mol. The largest absolute Gasteiger partial charge is 0.532 e. The molecule has 0 amide bonds. The van der Waals surface area contributed by atoms with Crippen LogP contribution in [0, 0.1) is 101 Å². The van der Waals surface area contributed by atoms with Crippen molar-refractivity contribution in [3.05, 3.63) is 320 Å². The molecular formula is C78H56F4N6. The number of nitriles is 2. The molecule has 11 rings (SSSR count). The zero-order valence-corrected chi connectivity index (χ0v) is 49.1. The summed E-state index contributed by atoms with van der Waals surface area (Å²) in [6.45, 7) is 26.1. The Morgan fingerprint density at radius 3 is 0.852 bits per heavy atom. The SMILES string of the molecule is Cc1cccc(-c2ccc(N(c3ccc(-c4cccc(C)c4)cc3)c3ccc(-c4cc(C)c(N(c5ccc(-c6cccc(C)c6)cc5)c5ccc(-c6cccc(C)c6)cc5)c(C)c4)cc3)cc2)c1.[C-]#[N+]C([N+]#[C-])=c1c(F)c(F)c(=C(C#N)C#N)c(F)c1F. The van der Waals surface area contributed by atoms with E-state index in [2.05, 4.69) is 292 Å². The van der Waals surface area contributed by atoms with Crippen molar-refractivity contribution in [1.29, 1.82) is 10.5 Å². The van der Waals surface area contributed by atoms with E-state index in [0.29, 0.717) is 0 Å². The van der Waals surface area contributed by atoms with Gasteiger partial charge in [0.15, 0.2) is 23.3 Å². The Morgan fingerprint density at radius 1 is 0.330 bits per heavy atom. The first-order valence-electron chi connectivity index (χ1n) is 28.2. The van der Waals surface area contributed by atoms with E-state index >= 15 is 0 Å². The summed E-state index contributed by atoms with van der Waals surface area (Å²) in [5.74, 6) is -9.25. The van der Waals surface area contributed by atoms with Crippen molar-refractivity contribution in [3.63, 3.8) is 0 Å². The van der Waals surface area contributed by atoms with Crippen LogP contribution >= 0.6 is 0 Å². The fraction of sp³-hybridized carbons (Fsp3) is 0.0769. The average molecular weight is 1150 g/mol. The van der Waals surface area contributed by atoms with Gasteiger partial charge in [0, 0.05) is 28.4 Å². The third-order valence-corrected chi connectivity index (χ3v) is 15.3. The summed E-state index contributed by atoms with van der Waals surface area (Å²) in [6, 6.07) is 86.7. The number of hydrogen-bond donors (Lipinski definition) is 0. The standard InChI is InChI=1S/C66H56N2.C12F4N4/c1-45-11-7-15-56(39-45)51-19-29-61(30-20-51)67(62-31-21-52(22-32-62)57-16-8-12-46(2)40-57)63-33-27-55(28-34-63)60-43-49(5)66(50(6)44-60)68(64-35-23-53(24-36-64)58-17-9-13-47(3)41-58)65-37-25-54(26-38-65)59-18-10-14-48(4)42-59;1-19-12(20-2)7-10(15)8(13)6(5(3-17)4-18)9(14)11(7)16/h7-44H,1-6H3;. The van der Waals surface area contributed by atoms with E-state index in [0.717, 1.165) is 40.6 Å². The summed E-state index contributed by atoms with van der Waals surface area (Å²) >= 11 is 0. The third-order valence-electron chi connectivity index (χ3n) is 15.3. The lowest BCUT2D eigenvalue weighted by molar-refractivity contribution is 0.434. The highest BCUT2D eigenvalue weighted by molar-refractivity contribution is 5.86. The minimum Gasteiger partial charge on any atom is -0.311 e. The summed E-state index contributed by atoms with van der Waals surface area (Å²) < 4.78 is 54.6. The number of halogens is 4. The van der Waals surface area contributed by atoms with E-state index in [1.165, 1.54) is 94.7 Å². The maximum absolute atomic E-state index is 13.6. The molecule has 10 heteroatoms. The highest BCUT2D eigenvalue weighted by Crippen LogP contribution is 2.43. The fourth-order valence-electron chi connectivity index (χ4n) is 11.0. The molecule has 0 fully saturated rings. The number of benzene rings is 11. The van der Waals surface area contributed by atoms with Crippen LogP contribution in [0.1, 0.15) is 33.4 Å². The van der Waals surface area contributed by atoms with E-state index in [-0.39, 0.29) is 0 Å². The first-order chi connectivity index (χ1) is 42.6. The molecule has 0 N–H and O–H groups in total. The highest BCUT2D eigenvalue weighted by atomic mass is 19.2. The Balaban J connectivity index is 0.000000365. The predicted octanol–water partition coefficient (Wildman–Crippen LogP) is 20.2. The summed E-state index contributed by atoms with van der Waals surface area (Å²) in [6.07, 6.45) is 0. The van der Waals surface area contributed by atoms with Gasteiger partial charge < -0.3 is 9.80 Å². The molecule has 0 bridgehead atoms. The maximum atomic E-state index is 13.6. The summed E-state index contributed by atoms with van der Waals surface area (Å²) in [5, 5.41) is 14.0. The van der Waals surface area contributed by atoms with Crippen LogP contribution in [-0.2, 0) is 0 Å². The molecule has 0 atom stereocenters. The zero-order chi connectivity index (χ0) is 62.2. The van der Waals surface area contributed by atoms with Crippen molar-refractivity contribution < 1.29 is 17.6 Å². The van der Waals surface area contributed by atoms with Gasteiger partial charge in [0.05, 0.1) is 10.9 Å². The van der Waals surface area contributed by atoms with E-state index in [1.807, 2.05) is 0 Å². The molecule has 88 heavy (non-hydrogen) atoms. The van der Waals surface area contributed by atoms with Gasteiger partial charge in [-0.15, -0.1) is 0 Å². The lowest BCUT2D eigenvalue weighted by Gasteiger charge is -2.30. The second-order valence-electron chi connectivity index (χ2n) is 21.5. The minimum absolute atomic E-state index is 1.10. The van der Waals surface area contributed by atoms with Crippen LogP contribution in [0.15, 0.2) is 231 Å².